The molecule has 0 radical (unpaired) electrons. The van der Waals surface area contributed by atoms with Crippen LogP contribution in [0.4, 0.5) is 0 Å². The minimum Gasteiger partial charge on any atom is -0.497 e. The van der Waals surface area contributed by atoms with Gasteiger partial charge in [-0.3, -0.25) is 4.99 Å². The average molecular weight is 447 g/mol. The van der Waals surface area contributed by atoms with Gasteiger partial charge in [0, 0.05) is 38.7 Å². The minimum atomic E-state index is 0. The number of likely N-dealkylation sites (tertiary alicyclic amines) is 1. The second-order valence-electron chi connectivity index (χ2n) is 6.19. The molecule has 0 spiro atoms. The van der Waals surface area contributed by atoms with Crippen molar-refractivity contribution in [2.75, 3.05) is 39.9 Å². The molecule has 1 aliphatic rings. The lowest BCUT2D eigenvalue weighted by atomic mass is 9.98. The third-order valence-corrected chi connectivity index (χ3v) is 4.27. The van der Waals surface area contributed by atoms with Gasteiger partial charge in [-0.05, 0) is 37.0 Å². The number of benzene rings is 1. The predicted molar refractivity (Wildman–Crippen MR) is 110 cm³/mol. The summed E-state index contributed by atoms with van der Waals surface area (Å²) in [6.07, 6.45) is 1.13. The molecule has 1 heterocycles. The highest BCUT2D eigenvalue weighted by Gasteiger charge is 2.26. The van der Waals surface area contributed by atoms with Gasteiger partial charge in [0.05, 0.1) is 7.11 Å². The van der Waals surface area contributed by atoms with E-state index >= 15 is 0 Å². The van der Waals surface area contributed by atoms with E-state index in [9.17, 15) is 0 Å². The van der Waals surface area contributed by atoms with Gasteiger partial charge < -0.3 is 20.1 Å². The molecule has 1 aromatic carbocycles. The fourth-order valence-electron chi connectivity index (χ4n) is 2.83. The molecular weight excluding hydrogens is 417 g/mol. The summed E-state index contributed by atoms with van der Waals surface area (Å²) >= 11 is 0. The van der Waals surface area contributed by atoms with Crippen LogP contribution in [0.1, 0.15) is 31.7 Å². The molecule has 0 amide bonds. The standard InChI is InChI=1S/C18H29N3O2.HI/c1-4-19-18(20-11-14(2)13-22)21-10-9-16(12-21)15-5-7-17(23-3)8-6-15;/h5-8,14,16,22H,4,9-13H2,1-3H3,(H,19,20);1H. The highest BCUT2D eigenvalue weighted by Crippen LogP contribution is 2.28. The molecule has 1 fully saturated rings. The monoisotopic (exact) mass is 447 g/mol. The minimum absolute atomic E-state index is 0. The van der Waals surface area contributed by atoms with Gasteiger partial charge in [0.15, 0.2) is 5.96 Å². The van der Waals surface area contributed by atoms with E-state index in [0.29, 0.717) is 12.5 Å². The fourth-order valence-corrected chi connectivity index (χ4v) is 2.83. The van der Waals surface area contributed by atoms with Crippen LogP contribution in [0.5, 0.6) is 5.75 Å². The molecule has 2 unspecified atom stereocenters. The Balaban J connectivity index is 0.00000288. The zero-order valence-corrected chi connectivity index (χ0v) is 17.2. The number of nitrogens with one attached hydrogen (secondary N) is 1. The molecule has 6 heteroatoms. The molecule has 1 aromatic rings. The van der Waals surface area contributed by atoms with Crippen molar-refractivity contribution in [1.82, 2.24) is 10.2 Å². The largest absolute Gasteiger partial charge is 0.497 e. The van der Waals surface area contributed by atoms with E-state index in [0.717, 1.165) is 37.8 Å². The molecule has 5 nitrogen and oxygen atoms in total. The zero-order valence-electron chi connectivity index (χ0n) is 14.9. The van der Waals surface area contributed by atoms with Crippen LogP contribution >= 0.6 is 24.0 Å². The first-order valence-electron chi connectivity index (χ1n) is 8.46. The maximum atomic E-state index is 9.16. The van der Waals surface area contributed by atoms with Crippen molar-refractivity contribution in [3.8, 4) is 5.75 Å². The van der Waals surface area contributed by atoms with Gasteiger partial charge in [-0.1, -0.05) is 19.1 Å². The highest BCUT2D eigenvalue weighted by atomic mass is 127. The van der Waals surface area contributed by atoms with E-state index in [-0.39, 0.29) is 36.5 Å². The maximum Gasteiger partial charge on any atom is 0.193 e. The Hall–Kier alpha value is -1.02. The van der Waals surface area contributed by atoms with Gasteiger partial charge in [-0.25, -0.2) is 0 Å². The van der Waals surface area contributed by atoms with Crippen LogP contribution in [0.3, 0.4) is 0 Å². The van der Waals surface area contributed by atoms with E-state index in [1.54, 1.807) is 7.11 Å². The number of rotatable bonds is 6. The molecular formula is C18H30IN3O2. The van der Waals surface area contributed by atoms with Crippen molar-refractivity contribution in [3.63, 3.8) is 0 Å². The second kappa shape index (κ2) is 10.8. The molecule has 2 rings (SSSR count). The summed E-state index contributed by atoms with van der Waals surface area (Å²) in [4.78, 5) is 7.00. The molecule has 1 saturated heterocycles. The van der Waals surface area contributed by atoms with Crippen LogP contribution < -0.4 is 10.1 Å². The van der Waals surface area contributed by atoms with Gasteiger partial charge in [0.25, 0.3) is 0 Å². The Morgan fingerprint density at radius 1 is 1.42 bits per heavy atom. The molecule has 1 aliphatic heterocycles. The molecule has 0 bridgehead atoms. The molecule has 136 valence electrons. The summed E-state index contributed by atoms with van der Waals surface area (Å²) in [6, 6.07) is 8.37. The van der Waals surface area contributed by atoms with E-state index in [1.807, 2.05) is 19.1 Å². The number of ether oxygens (including phenoxy) is 1. The SMILES string of the molecule is CCNC(=NCC(C)CO)N1CCC(c2ccc(OC)cc2)C1.I. The number of hydrogen-bond donors (Lipinski definition) is 2. The summed E-state index contributed by atoms with van der Waals surface area (Å²) in [6.45, 7) is 7.77. The van der Waals surface area contributed by atoms with Gasteiger partial charge in [0.2, 0.25) is 0 Å². The normalized spacial score (nSPS) is 18.9. The summed E-state index contributed by atoms with van der Waals surface area (Å²) in [5, 5.41) is 12.5. The fraction of sp³-hybridized carbons (Fsp3) is 0.611. The van der Waals surface area contributed by atoms with Gasteiger partial charge in [-0.15, -0.1) is 24.0 Å². The number of aliphatic hydroxyl groups is 1. The van der Waals surface area contributed by atoms with Crippen molar-refractivity contribution in [2.24, 2.45) is 10.9 Å². The topological polar surface area (TPSA) is 57.1 Å². The Morgan fingerprint density at radius 2 is 2.12 bits per heavy atom. The molecule has 2 N–H and O–H groups in total. The zero-order chi connectivity index (χ0) is 16.7. The second-order valence-corrected chi connectivity index (χ2v) is 6.19. The van der Waals surface area contributed by atoms with E-state index in [2.05, 4.69) is 34.3 Å². The van der Waals surface area contributed by atoms with Crippen LogP contribution in [-0.2, 0) is 0 Å². The van der Waals surface area contributed by atoms with Crippen LogP contribution in [-0.4, -0.2) is 55.9 Å². The smallest absolute Gasteiger partial charge is 0.193 e. The maximum absolute atomic E-state index is 9.16. The lowest BCUT2D eigenvalue weighted by Crippen LogP contribution is -2.40. The Morgan fingerprint density at radius 3 is 2.71 bits per heavy atom. The molecule has 0 aromatic heterocycles. The van der Waals surface area contributed by atoms with Crippen molar-refractivity contribution in [2.45, 2.75) is 26.2 Å². The number of guanidine groups is 1. The van der Waals surface area contributed by atoms with E-state index in [4.69, 9.17) is 9.84 Å². The predicted octanol–water partition coefficient (Wildman–Crippen LogP) is 2.70. The summed E-state index contributed by atoms with van der Waals surface area (Å²) in [7, 11) is 1.69. The summed E-state index contributed by atoms with van der Waals surface area (Å²) in [5.74, 6) is 2.59. The number of aliphatic imine (C=N–C) groups is 1. The number of methoxy groups -OCH3 is 1. The molecule has 24 heavy (non-hydrogen) atoms. The number of halogens is 1. The lowest BCUT2D eigenvalue weighted by Gasteiger charge is -2.22. The number of aliphatic hydroxyl groups excluding tert-OH is 1. The van der Waals surface area contributed by atoms with E-state index in [1.165, 1.54) is 5.56 Å². The van der Waals surface area contributed by atoms with E-state index < -0.39 is 0 Å². The van der Waals surface area contributed by atoms with Gasteiger partial charge in [-0.2, -0.15) is 0 Å². The van der Waals surface area contributed by atoms with Crippen LogP contribution in [0.15, 0.2) is 29.3 Å². The highest BCUT2D eigenvalue weighted by molar-refractivity contribution is 14.0. The first-order valence-corrected chi connectivity index (χ1v) is 8.46. The first-order chi connectivity index (χ1) is 11.2. The van der Waals surface area contributed by atoms with Crippen molar-refractivity contribution < 1.29 is 9.84 Å². The Bertz CT molecular complexity index is 507. The average Bonchev–Trinajstić information content (AvgIpc) is 3.08. The first kappa shape index (κ1) is 21.0. The molecule has 2 atom stereocenters. The lowest BCUT2D eigenvalue weighted by molar-refractivity contribution is 0.241. The Labute approximate surface area is 162 Å². The molecule has 0 saturated carbocycles. The van der Waals surface area contributed by atoms with Crippen LogP contribution in [0.25, 0.3) is 0 Å². The molecule has 0 aliphatic carbocycles. The van der Waals surface area contributed by atoms with Gasteiger partial charge in [0.1, 0.15) is 5.75 Å². The summed E-state index contributed by atoms with van der Waals surface area (Å²) in [5.41, 5.74) is 1.35. The number of hydrogen-bond acceptors (Lipinski definition) is 3. The van der Waals surface area contributed by atoms with Crippen LogP contribution in [0.2, 0.25) is 0 Å². The third kappa shape index (κ3) is 5.81. The van der Waals surface area contributed by atoms with Crippen molar-refractivity contribution in [1.29, 1.82) is 0 Å². The van der Waals surface area contributed by atoms with Crippen molar-refractivity contribution in [3.05, 3.63) is 29.8 Å². The number of nitrogens with zero attached hydrogens (tertiary/aromatic N) is 2. The summed E-state index contributed by atoms with van der Waals surface area (Å²) < 4.78 is 5.23. The van der Waals surface area contributed by atoms with Gasteiger partial charge >= 0.3 is 0 Å². The quantitative estimate of drug-likeness (QED) is 0.400. The van der Waals surface area contributed by atoms with Crippen molar-refractivity contribution >= 4 is 29.9 Å². The Kier molecular flexibility index (Phi) is 9.43. The third-order valence-electron chi connectivity index (χ3n) is 4.27. The van der Waals surface area contributed by atoms with Crippen LogP contribution in [0, 0.1) is 5.92 Å².